The highest BCUT2D eigenvalue weighted by molar-refractivity contribution is 6.34. The van der Waals surface area contributed by atoms with Gasteiger partial charge < -0.3 is 19.4 Å². The van der Waals surface area contributed by atoms with Crippen LogP contribution in [0.5, 0.6) is 0 Å². The number of aromatic nitrogens is 1. The Morgan fingerprint density at radius 3 is 2.38 bits per heavy atom. The SMILES string of the molecule is COC(=O)C(Cc1cn(Cc2cc(Cl)cc(Cl)c2)c2ccccc12)NC(=O)OC(C)(C)C. The second-order valence-electron chi connectivity index (χ2n) is 8.50. The van der Waals surface area contributed by atoms with E-state index in [2.05, 4.69) is 9.88 Å². The van der Waals surface area contributed by atoms with Crippen molar-refractivity contribution in [2.24, 2.45) is 0 Å². The Labute approximate surface area is 197 Å². The molecule has 0 saturated carbocycles. The van der Waals surface area contributed by atoms with Crippen LogP contribution in [0.2, 0.25) is 10.0 Å². The first-order chi connectivity index (χ1) is 15.1. The number of alkyl carbamates (subject to hydrolysis) is 1. The first-order valence-electron chi connectivity index (χ1n) is 10.1. The van der Waals surface area contributed by atoms with Gasteiger partial charge in [0.25, 0.3) is 0 Å². The van der Waals surface area contributed by atoms with Gasteiger partial charge in [0.15, 0.2) is 0 Å². The van der Waals surface area contributed by atoms with Gasteiger partial charge in [-0.25, -0.2) is 9.59 Å². The number of rotatable bonds is 6. The highest BCUT2D eigenvalue weighted by atomic mass is 35.5. The van der Waals surface area contributed by atoms with Crippen LogP contribution in [0.4, 0.5) is 4.79 Å². The van der Waals surface area contributed by atoms with E-state index in [9.17, 15) is 9.59 Å². The standard InChI is InChI=1S/C24H26Cl2N2O4/c1-24(2,3)32-23(30)27-20(22(29)31-4)11-16-14-28(21-8-6-5-7-19(16)21)13-15-9-17(25)12-18(26)10-15/h5-10,12,14,20H,11,13H2,1-4H3,(H,27,30). The van der Waals surface area contributed by atoms with E-state index in [0.29, 0.717) is 16.6 Å². The number of methoxy groups -OCH3 is 1. The van der Waals surface area contributed by atoms with Gasteiger partial charge in [-0.2, -0.15) is 0 Å². The molecule has 0 fully saturated rings. The van der Waals surface area contributed by atoms with E-state index in [1.165, 1.54) is 7.11 Å². The largest absolute Gasteiger partial charge is 0.467 e. The van der Waals surface area contributed by atoms with Gasteiger partial charge in [-0.3, -0.25) is 0 Å². The minimum absolute atomic E-state index is 0.246. The molecule has 0 saturated heterocycles. The molecule has 1 amide bonds. The number of amides is 1. The lowest BCUT2D eigenvalue weighted by Gasteiger charge is -2.22. The molecule has 0 aliphatic rings. The number of nitrogens with one attached hydrogen (secondary N) is 1. The summed E-state index contributed by atoms with van der Waals surface area (Å²) in [6.45, 7) is 5.82. The zero-order valence-electron chi connectivity index (χ0n) is 18.4. The Kier molecular flexibility index (Phi) is 7.36. The highest BCUT2D eigenvalue weighted by Crippen LogP contribution is 2.26. The van der Waals surface area contributed by atoms with Crippen LogP contribution >= 0.6 is 23.2 Å². The van der Waals surface area contributed by atoms with Gasteiger partial charge in [0, 0.05) is 40.1 Å². The van der Waals surface area contributed by atoms with Crippen molar-refractivity contribution in [2.75, 3.05) is 7.11 Å². The fourth-order valence-electron chi connectivity index (χ4n) is 3.52. The van der Waals surface area contributed by atoms with Crippen molar-refractivity contribution in [3.05, 3.63) is 69.8 Å². The van der Waals surface area contributed by atoms with E-state index in [-0.39, 0.29) is 6.42 Å². The predicted octanol–water partition coefficient (Wildman–Crippen LogP) is 5.61. The molecule has 0 spiro atoms. The normalized spacial score (nSPS) is 12.4. The van der Waals surface area contributed by atoms with E-state index >= 15 is 0 Å². The molecular formula is C24H26Cl2N2O4. The molecule has 3 aromatic rings. The van der Waals surface area contributed by atoms with E-state index in [1.807, 2.05) is 42.6 Å². The van der Waals surface area contributed by atoms with Crippen molar-refractivity contribution in [1.29, 1.82) is 0 Å². The maximum Gasteiger partial charge on any atom is 0.408 e. The Bertz CT molecular complexity index is 1110. The molecule has 1 aromatic heterocycles. The molecule has 0 aliphatic heterocycles. The van der Waals surface area contributed by atoms with Crippen LogP contribution in [-0.4, -0.2) is 35.4 Å². The van der Waals surface area contributed by atoms with Crippen LogP contribution in [0.3, 0.4) is 0 Å². The second kappa shape index (κ2) is 9.84. The van der Waals surface area contributed by atoms with Crippen LogP contribution in [-0.2, 0) is 27.2 Å². The molecule has 0 aliphatic carbocycles. The number of carbonyl (C=O) groups excluding carboxylic acids is 2. The van der Waals surface area contributed by atoms with Crippen LogP contribution in [0.15, 0.2) is 48.7 Å². The lowest BCUT2D eigenvalue weighted by atomic mass is 10.1. The summed E-state index contributed by atoms with van der Waals surface area (Å²) in [7, 11) is 1.29. The van der Waals surface area contributed by atoms with Crippen molar-refractivity contribution in [1.82, 2.24) is 9.88 Å². The Morgan fingerprint density at radius 2 is 1.75 bits per heavy atom. The third-order valence-corrected chi connectivity index (χ3v) is 5.18. The quantitative estimate of drug-likeness (QED) is 0.469. The predicted molar refractivity (Wildman–Crippen MR) is 126 cm³/mol. The molecule has 0 radical (unpaired) electrons. The Balaban J connectivity index is 1.91. The molecule has 1 N–H and O–H groups in total. The monoisotopic (exact) mass is 476 g/mol. The molecule has 170 valence electrons. The molecule has 2 aromatic carbocycles. The van der Waals surface area contributed by atoms with Gasteiger partial charge in [-0.15, -0.1) is 0 Å². The number of para-hydroxylation sites is 1. The molecule has 1 heterocycles. The number of carbonyl (C=O) groups is 2. The van der Waals surface area contributed by atoms with E-state index < -0.39 is 23.7 Å². The summed E-state index contributed by atoms with van der Waals surface area (Å²) in [5, 5.41) is 4.74. The number of hydrogen-bond donors (Lipinski definition) is 1. The molecule has 1 atom stereocenters. The number of halogens is 2. The molecule has 8 heteroatoms. The Hall–Kier alpha value is -2.70. The van der Waals surface area contributed by atoms with Crippen molar-refractivity contribution >= 4 is 46.2 Å². The second-order valence-corrected chi connectivity index (χ2v) is 9.38. The average Bonchev–Trinajstić information content (AvgIpc) is 3.02. The number of fused-ring (bicyclic) bond motifs is 1. The minimum atomic E-state index is -0.894. The summed E-state index contributed by atoms with van der Waals surface area (Å²) in [5.41, 5.74) is 2.14. The number of benzene rings is 2. The maximum atomic E-state index is 12.4. The van der Waals surface area contributed by atoms with Gasteiger partial charge in [-0.05, 0) is 56.2 Å². The zero-order chi connectivity index (χ0) is 23.5. The topological polar surface area (TPSA) is 69.6 Å². The summed E-state index contributed by atoms with van der Waals surface area (Å²) in [6.07, 6.45) is 1.53. The van der Waals surface area contributed by atoms with Crippen LogP contribution in [0.1, 0.15) is 31.9 Å². The third-order valence-electron chi connectivity index (χ3n) is 4.75. The molecule has 6 nitrogen and oxygen atoms in total. The van der Waals surface area contributed by atoms with Crippen molar-refractivity contribution < 1.29 is 19.1 Å². The van der Waals surface area contributed by atoms with E-state index in [1.54, 1.807) is 26.8 Å². The summed E-state index contributed by atoms with van der Waals surface area (Å²) < 4.78 is 12.3. The number of hydrogen-bond acceptors (Lipinski definition) is 4. The van der Waals surface area contributed by atoms with Gasteiger partial charge in [0.05, 0.1) is 7.11 Å². The van der Waals surface area contributed by atoms with Crippen LogP contribution in [0, 0.1) is 0 Å². The Morgan fingerprint density at radius 1 is 1.09 bits per heavy atom. The molecule has 3 rings (SSSR count). The van der Waals surface area contributed by atoms with Gasteiger partial charge in [-0.1, -0.05) is 41.4 Å². The fourth-order valence-corrected chi connectivity index (χ4v) is 4.09. The minimum Gasteiger partial charge on any atom is -0.467 e. The van der Waals surface area contributed by atoms with E-state index in [0.717, 1.165) is 22.0 Å². The van der Waals surface area contributed by atoms with Crippen LogP contribution < -0.4 is 5.32 Å². The van der Waals surface area contributed by atoms with E-state index in [4.69, 9.17) is 32.7 Å². The highest BCUT2D eigenvalue weighted by Gasteiger charge is 2.26. The summed E-state index contributed by atoms with van der Waals surface area (Å²) in [4.78, 5) is 24.7. The summed E-state index contributed by atoms with van der Waals surface area (Å²) >= 11 is 12.3. The van der Waals surface area contributed by atoms with Gasteiger partial charge in [0.1, 0.15) is 11.6 Å². The van der Waals surface area contributed by atoms with Gasteiger partial charge in [0.2, 0.25) is 0 Å². The molecule has 32 heavy (non-hydrogen) atoms. The summed E-state index contributed by atoms with van der Waals surface area (Å²) in [6, 6.07) is 12.4. The maximum absolute atomic E-state index is 12.4. The number of ether oxygens (including phenoxy) is 2. The average molecular weight is 477 g/mol. The number of nitrogens with zero attached hydrogens (tertiary/aromatic N) is 1. The van der Waals surface area contributed by atoms with Crippen LogP contribution in [0.25, 0.3) is 10.9 Å². The first kappa shape index (κ1) is 24.0. The van der Waals surface area contributed by atoms with Crippen molar-refractivity contribution in [2.45, 2.75) is 45.4 Å². The lowest BCUT2D eigenvalue weighted by molar-refractivity contribution is -0.143. The number of esters is 1. The first-order valence-corrected chi connectivity index (χ1v) is 10.9. The molecule has 0 bridgehead atoms. The molecule has 1 unspecified atom stereocenters. The van der Waals surface area contributed by atoms with Gasteiger partial charge >= 0.3 is 12.1 Å². The fraction of sp³-hybridized carbons (Fsp3) is 0.333. The third kappa shape index (κ3) is 6.17. The van der Waals surface area contributed by atoms with Crippen molar-refractivity contribution in [3.63, 3.8) is 0 Å². The smallest absolute Gasteiger partial charge is 0.408 e. The van der Waals surface area contributed by atoms with Crippen molar-refractivity contribution in [3.8, 4) is 0 Å². The lowest BCUT2D eigenvalue weighted by Crippen LogP contribution is -2.45. The summed E-state index contributed by atoms with van der Waals surface area (Å²) in [5.74, 6) is -0.547. The zero-order valence-corrected chi connectivity index (χ0v) is 20.0. The molecular weight excluding hydrogens is 451 g/mol.